The molecule has 0 unspecified atom stereocenters. The van der Waals surface area contributed by atoms with Crippen molar-refractivity contribution in [3.05, 3.63) is 74.6 Å². The zero-order valence-corrected chi connectivity index (χ0v) is 15.2. The number of aliphatic hydroxyl groups excluding tert-OH is 1. The summed E-state index contributed by atoms with van der Waals surface area (Å²) in [5.41, 5.74) is 0.998. The number of aliphatic hydroxyl groups is 1. The number of hydrogen-bond donors (Lipinski definition) is 2. The van der Waals surface area contributed by atoms with Gasteiger partial charge in [-0.2, -0.15) is 0 Å². The zero-order valence-electron chi connectivity index (χ0n) is 13.7. The Kier molecular flexibility index (Phi) is 5.61. The molecule has 134 valence electrons. The second-order valence-corrected chi connectivity index (χ2v) is 6.61. The van der Waals surface area contributed by atoms with Crippen molar-refractivity contribution in [1.82, 2.24) is 4.57 Å². The molecular weight excluding hydrogens is 375 g/mol. The van der Waals surface area contributed by atoms with Gasteiger partial charge in [0.05, 0.1) is 13.0 Å². The SMILES string of the molecule is O=C(Cc1ccc(Cl)cc1Cl)Nc1cccc2c(=O)n(CCO)ccc12. The van der Waals surface area contributed by atoms with Crippen molar-refractivity contribution in [2.75, 3.05) is 11.9 Å². The van der Waals surface area contributed by atoms with Gasteiger partial charge in [0, 0.05) is 39.2 Å². The van der Waals surface area contributed by atoms with Crippen LogP contribution in [0, 0.1) is 0 Å². The van der Waals surface area contributed by atoms with Crippen LogP contribution in [0.15, 0.2) is 53.5 Å². The van der Waals surface area contributed by atoms with Crippen LogP contribution in [0.25, 0.3) is 10.8 Å². The Morgan fingerprint density at radius 3 is 2.65 bits per heavy atom. The second kappa shape index (κ2) is 7.91. The highest BCUT2D eigenvalue weighted by atomic mass is 35.5. The summed E-state index contributed by atoms with van der Waals surface area (Å²) in [4.78, 5) is 24.8. The number of rotatable bonds is 5. The van der Waals surface area contributed by atoms with Crippen LogP contribution in [0.4, 0.5) is 5.69 Å². The highest BCUT2D eigenvalue weighted by Gasteiger charge is 2.11. The maximum absolute atomic E-state index is 12.4. The molecule has 1 aromatic heterocycles. The first-order valence-corrected chi connectivity index (χ1v) is 8.72. The van der Waals surface area contributed by atoms with E-state index in [2.05, 4.69) is 5.32 Å². The Morgan fingerprint density at radius 2 is 1.92 bits per heavy atom. The number of carbonyl (C=O) groups is 1. The lowest BCUT2D eigenvalue weighted by atomic mass is 10.1. The molecule has 0 aliphatic rings. The van der Waals surface area contributed by atoms with Gasteiger partial charge in [0.1, 0.15) is 0 Å². The molecule has 1 amide bonds. The van der Waals surface area contributed by atoms with Gasteiger partial charge >= 0.3 is 0 Å². The fraction of sp³-hybridized carbons (Fsp3) is 0.158. The zero-order chi connectivity index (χ0) is 18.7. The summed E-state index contributed by atoms with van der Waals surface area (Å²) in [5.74, 6) is -0.249. The van der Waals surface area contributed by atoms with Gasteiger partial charge in [-0.25, -0.2) is 0 Å². The first-order valence-electron chi connectivity index (χ1n) is 7.96. The van der Waals surface area contributed by atoms with Crippen LogP contribution in [0.1, 0.15) is 5.56 Å². The average Bonchev–Trinajstić information content (AvgIpc) is 2.60. The quantitative estimate of drug-likeness (QED) is 0.700. The third kappa shape index (κ3) is 3.90. The summed E-state index contributed by atoms with van der Waals surface area (Å²) in [5, 5.41) is 13.9. The Labute approximate surface area is 159 Å². The van der Waals surface area contributed by atoms with Crippen LogP contribution < -0.4 is 10.9 Å². The van der Waals surface area contributed by atoms with Crippen LogP contribution in [-0.2, 0) is 17.8 Å². The molecule has 0 radical (unpaired) electrons. The van der Waals surface area contributed by atoms with Crippen molar-refractivity contribution in [3.63, 3.8) is 0 Å². The van der Waals surface area contributed by atoms with Crippen LogP contribution in [0.5, 0.6) is 0 Å². The molecule has 7 heteroatoms. The summed E-state index contributed by atoms with van der Waals surface area (Å²) in [6.07, 6.45) is 1.70. The minimum atomic E-state index is -0.249. The molecule has 0 aliphatic carbocycles. The first kappa shape index (κ1) is 18.5. The van der Waals surface area contributed by atoms with E-state index < -0.39 is 0 Å². The predicted octanol–water partition coefficient (Wildman–Crippen LogP) is 3.48. The predicted molar refractivity (Wildman–Crippen MR) is 104 cm³/mol. The molecule has 0 saturated heterocycles. The number of hydrogen-bond acceptors (Lipinski definition) is 3. The van der Waals surface area contributed by atoms with Crippen molar-refractivity contribution in [1.29, 1.82) is 0 Å². The van der Waals surface area contributed by atoms with E-state index in [9.17, 15) is 9.59 Å². The highest BCUT2D eigenvalue weighted by Crippen LogP contribution is 2.23. The molecule has 0 saturated carbocycles. The summed E-state index contributed by atoms with van der Waals surface area (Å²) >= 11 is 12.0. The van der Waals surface area contributed by atoms with Gasteiger partial charge in [-0.15, -0.1) is 0 Å². The molecule has 5 nitrogen and oxygen atoms in total. The fourth-order valence-electron chi connectivity index (χ4n) is 2.74. The number of amides is 1. The molecular formula is C19H16Cl2N2O3. The number of nitrogens with one attached hydrogen (secondary N) is 1. The molecule has 3 aromatic rings. The fourth-order valence-corrected chi connectivity index (χ4v) is 3.22. The van der Waals surface area contributed by atoms with Crippen molar-refractivity contribution in [2.24, 2.45) is 0 Å². The van der Waals surface area contributed by atoms with E-state index in [-0.39, 0.29) is 31.0 Å². The average molecular weight is 391 g/mol. The number of pyridine rings is 1. The largest absolute Gasteiger partial charge is 0.395 e. The van der Waals surface area contributed by atoms with E-state index >= 15 is 0 Å². The minimum Gasteiger partial charge on any atom is -0.395 e. The van der Waals surface area contributed by atoms with Crippen molar-refractivity contribution < 1.29 is 9.90 Å². The number of aromatic nitrogens is 1. The number of carbonyl (C=O) groups excluding carboxylic acids is 1. The normalized spacial score (nSPS) is 10.9. The van der Waals surface area contributed by atoms with E-state index in [1.165, 1.54) is 4.57 Å². The Bertz CT molecular complexity index is 1030. The van der Waals surface area contributed by atoms with Crippen molar-refractivity contribution >= 4 is 45.6 Å². The van der Waals surface area contributed by atoms with Crippen LogP contribution >= 0.6 is 23.2 Å². The molecule has 1 heterocycles. The summed E-state index contributed by atoms with van der Waals surface area (Å²) in [7, 11) is 0. The third-order valence-electron chi connectivity index (χ3n) is 4.00. The van der Waals surface area contributed by atoms with Gasteiger partial charge < -0.3 is 15.0 Å². The maximum Gasteiger partial charge on any atom is 0.258 e. The van der Waals surface area contributed by atoms with Crippen molar-refractivity contribution in [3.8, 4) is 0 Å². The molecule has 0 atom stereocenters. The number of halogens is 2. The highest BCUT2D eigenvalue weighted by molar-refractivity contribution is 6.35. The van der Waals surface area contributed by atoms with E-state index in [1.807, 2.05) is 0 Å². The van der Waals surface area contributed by atoms with Gasteiger partial charge in [0.2, 0.25) is 5.91 Å². The molecule has 0 aliphatic heterocycles. The lowest BCUT2D eigenvalue weighted by molar-refractivity contribution is -0.115. The number of nitrogens with zero attached hydrogens (tertiary/aromatic N) is 1. The Hall–Kier alpha value is -2.34. The van der Waals surface area contributed by atoms with Crippen molar-refractivity contribution in [2.45, 2.75) is 13.0 Å². The summed E-state index contributed by atoms with van der Waals surface area (Å²) < 4.78 is 1.43. The third-order valence-corrected chi connectivity index (χ3v) is 4.59. The van der Waals surface area contributed by atoms with E-state index in [4.69, 9.17) is 28.3 Å². The lowest BCUT2D eigenvalue weighted by Crippen LogP contribution is -2.21. The van der Waals surface area contributed by atoms with Gasteiger partial charge in [-0.05, 0) is 35.9 Å². The number of anilines is 1. The molecule has 0 fully saturated rings. The lowest BCUT2D eigenvalue weighted by Gasteiger charge is -2.11. The van der Waals surface area contributed by atoms with Gasteiger partial charge in [-0.1, -0.05) is 35.3 Å². The standard InChI is InChI=1S/C19H16Cl2N2O3/c20-13-5-4-12(16(21)11-13)10-18(25)22-17-3-1-2-15-14(17)6-7-23(8-9-24)19(15)26/h1-7,11,24H,8-10H2,(H,22,25). The summed E-state index contributed by atoms with van der Waals surface area (Å²) in [6, 6.07) is 11.9. The monoisotopic (exact) mass is 390 g/mol. The number of benzene rings is 2. The molecule has 2 aromatic carbocycles. The first-order chi connectivity index (χ1) is 12.5. The molecule has 26 heavy (non-hydrogen) atoms. The van der Waals surface area contributed by atoms with Gasteiger partial charge in [-0.3, -0.25) is 9.59 Å². The second-order valence-electron chi connectivity index (χ2n) is 5.77. The van der Waals surface area contributed by atoms with Crippen LogP contribution in [-0.4, -0.2) is 22.2 Å². The number of fused-ring (bicyclic) bond motifs is 1. The van der Waals surface area contributed by atoms with Gasteiger partial charge in [0.15, 0.2) is 0 Å². The van der Waals surface area contributed by atoms with Crippen LogP contribution in [0.3, 0.4) is 0 Å². The smallest absolute Gasteiger partial charge is 0.258 e. The van der Waals surface area contributed by atoms with E-state index in [0.29, 0.717) is 32.1 Å². The minimum absolute atomic E-state index is 0.0912. The Balaban J connectivity index is 1.87. The van der Waals surface area contributed by atoms with E-state index in [0.717, 1.165) is 0 Å². The van der Waals surface area contributed by atoms with Gasteiger partial charge in [0.25, 0.3) is 5.56 Å². The molecule has 0 bridgehead atoms. The maximum atomic E-state index is 12.4. The summed E-state index contributed by atoms with van der Waals surface area (Å²) in [6.45, 7) is 0.101. The Morgan fingerprint density at radius 1 is 1.12 bits per heavy atom. The van der Waals surface area contributed by atoms with E-state index in [1.54, 1.807) is 48.7 Å². The molecule has 0 spiro atoms. The van der Waals surface area contributed by atoms with Crippen LogP contribution in [0.2, 0.25) is 10.0 Å². The topological polar surface area (TPSA) is 71.3 Å². The molecule has 3 rings (SSSR count). The molecule has 2 N–H and O–H groups in total.